The van der Waals surface area contributed by atoms with Gasteiger partial charge in [0.25, 0.3) is 0 Å². The van der Waals surface area contributed by atoms with Crippen molar-refractivity contribution in [2.24, 2.45) is 0 Å². The molecule has 106 valence electrons. The molecule has 0 atom stereocenters. The third-order valence-corrected chi connectivity index (χ3v) is 4.85. The fourth-order valence-corrected chi connectivity index (χ4v) is 3.25. The minimum absolute atomic E-state index is 0.0578. The van der Waals surface area contributed by atoms with E-state index in [1.807, 2.05) is 24.3 Å². The lowest BCUT2D eigenvalue weighted by molar-refractivity contribution is 0.580. The third-order valence-electron chi connectivity index (χ3n) is 2.78. The fraction of sp³-hybridized carbons (Fsp3) is 0.143. The molecule has 0 amide bonds. The predicted molar refractivity (Wildman–Crippen MR) is 84.5 cm³/mol. The van der Waals surface area contributed by atoms with Crippen LogP contribution in [0.25, 0.3) is 0 Å². The molecule has 2 rings (SSSR count). The van der Waals surface area contributed by atoms with Crippen molar-refractivity contribution < 1.29 is 8.42 Å². The number of rotatable bonds is 5. The van der Waals surface area contributed by atoms with E-state index < -0.39 is 10.0 Å². The van der Waals surface area contributed by atoms with Crippen LogP contribution in [-0.2, 0) is 22.3 Å². The molecule has 0 spiro atoms. The van der Waals surface area contributed by atoms with Crippen molar-refractivity contribution in [1.29, 1.82) is 0 Å². The highest BCUT2D eigenvalue weighted by Gasteiger charge is 2.12. The number of benzene rings is 2. The van der Waals surface area contributed by atoms with Crippen LogP contribution in [0.2, 0.25) is 0 Å². The topological polar surface area (TPSA) is 72.2 Å². The van der Waals surface area contributed by atoms with Gasteiger partial charge in [-0.05, 0) is 29.3 Å². The van der Waals surface area contributed by atoms with Crippen molar-refractivity contribution in [1.82, 2.24) is 4.72 Å². The van der Waals surface area contributed by atoms with Gasteiger partial charge >= 0.3 is 0 Å². The number of nitrogens with two attached hydrogens (primary N) is 1. The molecule has 0 fully saturated rings. The zero-order valence-electron chi connectivity index (χ0n) is 10.7. The SMILES string of the molecule is Nc1ccc(CS(=O)(=O)NCc2ccccc2Br)cc1. The number of nitrogens with one attached hydrogen (secondary N) is 1. The summed E-state index contributed by atoms with van der Waals surface area (Å²) in [7, 11) is -3.37. The lowest BCUT2D eigenvalue weighted by Gasteiger charge is -2.08. The van der Waals surface area contributed by atoms with Crippen molar-refractivity contribution in [3.8, 4) is 0 Å². The van der Waals surface area contributed by atoms with E-state index >= 15 is 0 Å². The molecule has 0 unspecified atom stereocenters. The van der Waals surface area contributed by atoms with Crippen LogP contribution in [0.5, 0.6) is 0 Å². The summed E-state index contributed by atoms with van der Waals surface area (Å²) >= 11 is 3.39. The van der Waals surface area contributed by atoms with E-state index in [0.717, 1.165) is 10.0 Å². The molecule has 2 aromatic carbocycles. The second-order valence-corrected chi connectivity index (χ2v) is 7.07. The van der Waals surface area contributed by atoms with Crippen LogP contribution in [0.3, 0.4) is 0 Å². The van der Waals surface area contributed by atoms with Crippen molar-refractivity contribution in [3.63, 3.8) is 0 Å². The Bertz CT molecular complexity index is 685. The largest absolute Gasteiger partial charge is 0.399 e. The lowest BCUT2D eigenvalue weighted by Crippen LogP contribution is -2.24. The van der Waals surface area contributed by atoms with Gasteiger partial charge in [-0.2, -0.15) is 0 Å². The predicted octanol–water partition coefficient (Wildman–Crippen LogP) is 2.65. The standard InChI is InChI=1S/C14H15BrN2O2S/c15-14-4-2-1-3-12(14)9-17-20(18,19)10-11-5-7-13(16)8-6-11/h1-8,17H,9-10,16H2. The van der Waals surface area contributed by atoms with Crippen molar-refractivity contribution >= 4 is 31.6 Å². The second kappa shape index (κ2) is 6.39. The molecule has 0 aromatic heterocycles. The average Bonchev–Trinajstić information content (AvgIpc) is 2.40. The summed E-state index contributed by atoms with van der Waals surface area (Å²) in [6.07, 6.45) is 0. The Labute approximate surface area is 127 Å². The maximum Gasteiger partial charge on any atom is 0.216 e. The molecule has 0 saturated heterocycles. The Kier molecular flexibility index (Phi) is 4.80. The summed E-state index contributed by atoms with van der Waals surface area (Å²) in [5.74, 6) is -0.0578. The maximum absolute atomic E-state index is 12.0. The van der Waals surface area contributed by atoms with Gasteiger partial charge in [0, 0.05) is 16.7 Å². The minimum Gasteiger partial charge on any atom is -0.399 e. The van der Waals surface area contributed by atoms with E-state index in [0.29, 0.717) is 11.3 Å². The number of hydrogen-bond donors (Lipinski definition) is 2. The van der Waals surface area contributed by atoms with E-state index in [1.54, 1.807) is 24.3 Å². The second-order valence-electron chi connectivity index (χ2n) is 4.41. The fourth-order valence-electron chi connectivity index (χ4n) is 1.71. The Morgan fingerprint density at radius 2 is 1.70 bits per heavy atom. The highest BCUT2D eigenvalue weighted by Crippen LogP contribution is 2.16. The van der Waals surface area contributed by atoms with E-state index in [2.05, 4.69) is 20.7 Å². The zero-order valence-corrected chi connectivity index (χ0v) is 13.1. The van der Waals surface area contributed by atoms with Crippen LogP contribution in [0.4, 0.5) is 5.69 Å². The van der Waals surface area contributed by atoms with Gasteiger partial charge in [0.05, 0.1) is 5.75 Å². The molecule has 0 saturated carbocycles. The van der Waals surface area contributed by atoms with E-state index in [-0.39, 0.29) is 12.3 Å². The van der Waals surface area contributed by atoms with Crippen LogP contribution in [0, 0.1) is 0 Å². The Hall–Kier alpha value is -1.37. The summed E-state index contributed by atoms with van der Waals surface area (Å²) < 4.78 is 27.5. The molecule has 20 heavy (non-hydrogen) atoms. The Balaban J connectivity index is 2.01. The minimum atomic E-state index is -3.37. The molecular weight excluding hydrogens is 340 g/mol. The van der Waals surface area contributed by atoms with Gasteiger partial charge in [-0.3, -0.25) is 0 Å². The summed E-state index contributed by atoms with van der Waals surface area (Å²) in [5, 5.41) is 0. The smallest absolute Gasteiger partial charge is 0.216 e. The molecule has 0 heterocycles. The molecule has 0 aliphatic carbocycles. The average molecular weight is 355 g/mol. The molecule has 3 N–H and O–H groups in total. The molecule has 4 nitrogen and oxygen atoms in total. The lowest BCUT2D eigenvalue weighted by atomic mass is 10.2. The quantitative estimate of drug-likeness (QED) is 0.810. The van der Waals surface area contributed by atoms with Crippen molar-refractivity contribution in [2.75, 3.05) is 5.73 Å². The van der Waals surface area contributed by atoms with Gasteiger partial charge in [0.15, 0.2) is 0 Å². The van der Waals surface area contributed by atoms with Crippen LogP contribution in [-0.4, -0.2) is 8.42 Å². The number of hydrogen-bond acceptors (Lipinski definition) is 3. The zero-order chi connectivity index (χ0) is 14.6. The van der Waals surface area contributed by atoms with Gasteiger partial charge in [0.2, 0.25) is 10.0 Å². The van der Waals surface area contributed by atoms with Crippen molar-refractivity contribution in [2.45, 2.75) is 12.3 Å². The first-order valence-corrected chi connectivity index (χ1v) is 8.46. The summed E-state index contributed by atoms with van der Waals surface area (Å²) in [4.78, 5) is 0. The normalized spacial score (nSPS) is 11.4. The molecule has 6 heteroatoms. The molecule has 0 bridgehead atoms. The van der Waals surface area contributed by atoms with Gasteiger partial charge in [-0.25, -0.2) is 13.1 Å². The first kappa shape index (κ1) is 15.0. The van der Waals surface area contributed by atoms with E-state index in [4.69, 9.17) is 5.73 Å². The molecule has 0 radical (unpaired) electrons. The van der Waals surface area contributed by atoms with Gasteiger partial charge in [-0.1, -0.05) is 46.3 Å². The maximum atomic E-state index is 12.0. The van der Waals surface area contributed by atoms with E-state index in [1.165, 1.54) is 0 Å². The summed E-state index contributed by atoms with van der Waals surface area (Å²) in [5.41, 5.74) is 7.79. The monoisotopic (exact) mass is 354 g/mol. The molecule has 0 aliphatic heterocycles. The van der Waals surface area contributed by atoms with E-state index in [9.17, 15) is 8.42 Å². The number of sulfonamides is 1. The van der Waals surface area contributed by atoms with Crippen molar-refractivity contribution in [3.05, 3.63) is 64.1 Å². The van der Waals surface area contributed by atoms with Crippen LogP contribution < -0.4 is 10.5 Å². The van der Waals surface area contributed by atoms with Crippen LogP contribution in [0.1, 0.15) is 11.1 Å². The highest BCUT2D eigenvalue weighted by molar-refractivity contribution is 9.10. The van der Waals surface area contributed by atoms with Crippen LogP contribution >= 0.6 is 15.9 Å². The molecule has 2 aromatic rings. The Morgan fingerprint density at radius 1 is 1.05 bits per heavy atom. The number of halogens is 1. The number of anilines is 1. The first-order valence-electron chi connectivity index (χ1n) is 6.01. The Morgan fingerprint density at radius 3 is 2.35 bits per heavy atom. The molecule has 0 aliphatic rings. The van der Waals surface area contributed by atoms with Gasteiger partial charge < -0.3 is 5.73 Å². The summed E-state index contributed by atoms with van der Waals surface area (Å²) in [6.45, 7) is 0.263. The molecular formula is C14H15BrN2O2S. The summed E-state index contributed by atoms with van der Waals surface area (Å²) in [6, 6.07) is 14.3. The third kappa shape index (κ3) is 4.33. The van der Waals surface area contributed by atoms with Crippen LogP contribution in [0.15, 0.2) is 53.0 Å². The number of nitrogen functional groups attached to an aromatic ring is 1. The van der Waals surface area contributed by atoms with Gasteiger partial charge in [0.1, 0.15) is 0 Å². The first-order chi connectivity index (χ1) is 9.46. The van der Waals surface area contributed by atoms with Gasteiger partial charge in [-0.15, -0.1) is 0 Å². The highest BCUT2D eigenvalue weighted by atomic mass is 79.9.